The van der Waals surface area contributed by atoms with Crippen LogP contribution in [0.15, 0.2) is 11.1 Å². The van der Waals surface area contributed by atoms with Gasteiger partial charge in [0.15, 0.2) is 0 Å². The van der Waals surface area contributed by atoms with E-state index in [9.17, 15) is 4.79 Å². The first-order chi connectivity index (χ1) is 7.68. The van der Waals surface area contributed by atoms with Gasteiger partial charge in [-0.1, -0.05) is 0 Å². The van der Waals surface area contributed by atoms with Crippen molar-refractivity contribution in [1.82, 2.24) is 9.55 Å². The third kappa shape index (κ3) is 2.63. The maximum atomic E-state index is 11.9. The van der Waals surface area contributed by atoms with Crippen LogP contribution < -0.4 is 5.56 Å². The van der Waals surface area contributed by atoms with Crippen LogP contribution in [0.5, 0.6) is 0 Å². The lowest BCUT2D eigenvalue weighted by atomic mass is 10.2. The van der Waals surface area contributed by atoms with E-state index < -0.39 is 0 Å². The molecule has 0 bridgehead atoms. The van der Waals surface area contributed by atoms with Crippen molar-refractivity contribution in [3.05, 3.63) is 25.9 Å². The highest BCUT2D eigenvalue weighted by Gasteiger charge is 2.15. The van der Waals surface area contributed by atoms with Gasteiger partial charge in [-0.25, -0.2) is 4.98 Å². The van der Waals surface area contributed by atoms with Crippen molar-refractivity contribution in [3.8, 4) is 0 Å². The molecule has 16 heavy (non-hydrogen) atoms. The maximum Gasteiger partial charge on any atom is 0.267 e. The predicted octanol–water partition coefficient (Wildman–Crippen LogP) is 1.73. The van der Waals surface area contributed by atoms with Crippen molar-refractivity contribution < 1.29 is 4.74 Å². The molecule has 0 saturated carbocycles. The number of aromatic nitrogens is 2. The van der Waals surface area contributed by atoms with Gasteiger partial charge in [-0.2, -0.15) is 0 Å². The average Bonchev–Trinajstić information content (AvgIpc) is 2.78. The molecule has 0 spiro atoms. The van der Waals surface area contributed by atoms with Crippen LogP contribution in [0.1, 0.15) is 25.0 Å². The summed E-state index contributed by atoms with van der Waals surface area (Å²) >= 11 is 2.06. The average molecular weight is 334 g/mol. The first-order valence-corrected chi connectivity index (χ1v) is 6.59. The molecule has 2 rings (SSSR count). The van der Waals surface area contributed by atoms with Crippen LogP contribution in [0.4, 0.5) is 0 Å². The highest BCUT2D eigenvalue weighted by Crippen LogP contribution is 2.15. The van der Waals surface area contributed by atoms with Gasteiger partial charge in [-0.3, -0.25) is 9.36 Å². The third-order valence-corrected chi connectivity index (χ3v) is 4.12. The quantitative estimate of drug-likeness (QED) is 0.791. The van der Waals surface area contributed by atoms with E-state index in [1.165, 1.54) is 0 Å². The Hall–Kier alpha value is -0.430. The van der Waals surface area contributed by atoms with Gasteiger partial charge in [0.2, 0.25) is 0 Å². The molecular weight excluding hydrogens is 319 g/mol. The molecular formula is C11H15IN2O2. The van der Waals surface area contributed by atoms with Crippen molar-refractivity contribution in [2.24, 2.45) is 0 Å². The van der Waals surface area contributed by atoms with Crippen LogP contribution in [-0.4, -0.2) is 22.3 Å². The Bertz CT molecular complexity index is 424. The highest BCUT2D eigenvalue weighted by molar-refractivity contribution is 14.1. The first kappa shape index (κ1) is 12.0. The van der Waals surface area contributed by atoms with Crippen molar-refractivity contribution in [1.29, 1.82) is 0 Å². The molecule has 1 atom stereocenters. The zero-order valence-corrected chi connectivity index (χ0v) is 11.4. The van der Waals surface area contributed by atoms with E-state index in [1.807, 2.05) is 6.92 Å². The van der Waals surface area contributed by atoms with E-state index in [1.54, 1.807) is 10.9 Å². The van der Waals surface area contributed by atoms with Gasteiger partial charge in [-0.05, 0) is 48.8 Å². The molecule has 1 fully saturated rings. The lowest BCUT2D eigenvalue weighted by molar-refractivity contribution is 0.1000. The summed E-state index contributed by atoms with van der Waals surface area (Å²) in [6.07, 6.45) is 5.12. The van der Waals surface area contributed by atoms with Crippen molar-refractivity contribution >= 4 is 22.6 Å². The summed E-state index contributed by atoms with van der Waals surface area (Å²) in [5.41, 5.74) is 0.866. The van der Waals surface area contributed by atoms with E-state index >= 15 is 0 Å². The molecule has 1 aliphatic heterocycles. The first-order valence-electron chi connectivity index (χ1n) is 5.51. The normalized spacial score (nSPS) is 20.2. The largest absolute Gasteiger partial charge is 0.378 e. The topological polar surface area (TPSA) is 44.1 Å². The second-order valence-electron chi connectivity index (χ2n) is 4.07. The molecule has 1 aliphatic rings. The van der Waals surface area contributed by atoms with Crippen LogP contribution >= 0.6 is 22.6 Å². The van der Waals surface area contributed by atoms with Crippen LogP contribution in [0, 0.1) is 10.5 Å². The molecule has 88 valence electrons. The number of ether oxygens (including phenoxy) is 1. The van der Waals surface area contributed by atoms with Crippen molar-refractivity contribution in [2.45, 2.75) is 38.8 Å². The predicted molar refractivity (Wildman–Crippen MR) is 69.5 cm³/mol. The number of hydrogen-bond donors (Lipinski definition) is 0. The Morgan fingerprint density at radius 2 is 2.50 bits per heavy atom. The zero-order chi connectivity index (χ0) is 11.5. The monoisotopic (exact) mass is 334 g/mol. The second-order valence-corrected chi connectivity index (χ2v) is 5.14. The smallest absolute Gasteiger partial charge is 0.267 e. The van der Waals surface area contributed by atoms with Gasteiger partial charge in [0.05, 0.1) is 21.7 Å². The molecule has 0 amide bonds. The van der Waals surface area contributed by atoms with E-state index in [-0.39, 0.29) is 5.56 Å². The minimum atomic E-state index is 0.0612. The third-order valence-electron chi connectivity index (χ3n) is 2.87. The molecule has 1 aromatic heterocycles. The van der Waals surface area contributed by atoms with Gasteiger partial charge in [0.1, 0.15) is 0 Å². The Balaban J connectivity index is 2.04. The molecule has 1 unspecified atom stereocenters. The highest BCUT2D eigenvalue weighted by atomic mass is 127. The molecule has 0 aromatic carbocycles. The van der Waals surface area contributed by atoms with Gasteiger partial charge >= 0.3 is 0 Å². The maximum absolute atomic E-state index is 11.9. The number of rotatable bonds is 3. The van der Waals surface area contributed by atoms with E-state index in [0.717, 1.165) is 31.6 Å². The fraction of sp³-hybridized carbons (Fsp3) is 0.636. The van der Waals surface area contributed by atoms with Crippen LogP contribution in [0.25, 0.3) is 0 Å². The van der Waals surface area contributed by atoms with Gasteiger partial charge in [0, 0.05) is 13.2 Å². The summed E-state index contributed by atoms with van der Waals surface area (Å²) < 4.78 is 7.92. The van der Waals surface area contributed by atoms with E-state index in [4.69, 9.17) is 4.74 Å². The summed E-state index contributed by atoms with van der Waals surface area (Å²) in [6, 6.07) is 0. The van der Waals surface area contributed by atoms with Crippen molar-refractivity contribution in [2.75, 3.05) is 6.61 Å². The van der Waals surface area contributed by atoms with E-state index in [0.29, 0.717) is 16.2 Å². The number of halogens is 1. The van der Waals surface area contributed by atoms with Crippen LogP contribution in [0.2, 0.25) is 0 Å². The molecule has 5 heteroatoms. The molecule has 2 heterocycles. The van der Waals surface area contributed by atoms with Gasteiger partial charge in [0.25, 0.3) is 5.56 Å². The minimum absolute atomic E-state index is 0.0612. The second kappa shape index (κ2) is 5.27. The zero-order valence-electron chi connectivity index (χ0n) is 9.28. The molecule has 1 saturated heterocycles. The van der Waals surface area contributed by atoms with Gasteiger partial charge < -0.3 is 4.74 Å². The molecule has 0 aliphatic carbocycles. The number of aryl methyl sites for hydroxylation is 2. The molecule has 4 nitrogen and oxygen atoms in total. The number of nitrogens with zero attached hydrogens (tertiary/aromatic N) is 2. The SMILES string of the molecule is Cc1ncn(CCC2CCCO2)c(=O)c1I. The van der Waals surface area contributed by atoms with Crippen LogP contribution in [0.3, 0.4) is 0 Å². The minimum Gasteiger partial charge on any atom is -0.378 e. The van der Waals surface area contributed by atoms with Crippen molar-refractivity contribution in [3.63, 3.8) is 0 Å². The lowest BCUT2D eigenvalue weighted by Crippen LogP contribution is -2.25. The van der Waals surface area contributed by atoms with Gasteiger partial charge in [-0.15, -0.1) is 0 Å². The Morgan fingerprint density at radius 1 is 1.69 bits per heavy atom. The Morgan fingerprint density at radius 3 is 3.19 bits per heavy atom. The molecule has 0 N–H and O–H groups in total. The van der Waals surface area contributed by atoms with E-state index in [2.05, 4.69) is 27.6 Å². The summed E-state index contributed by atoms with van der Waals surface area (Å²) in [5, 5.41) is 0. The fourth-order valence-electron chi connectivity index (χ4n) is 1.86. The molecule has 1 aromatic rings. The Kier molecular flexibility index (Phi) is 3.96. The number of hydrogen-bond acceptors (Lipinski definition) is 3. The summed E-state index contributed by atoms with van der Waals surface area (Å²) in [7, 11) is 0. The summed E-state index contributed by atoms with van der Waals surface area (Å²) in [5.74, 6) is 0. The summed E-state index contributed by atoms with van der Waals surface area (Å²) in [4.78, 5) is 16.1. The standard InChI is InChI=1S/C11H15IN2O2/c1-8-10(12)11(15)14(7-13-8)5-4-9-3-2-6-16-9/h7,9H,2-6H2,1H3. The summed E-state index contributed by atoms with van der Waals surface area (Å²) in [6.45, 7) is 3.42. The fourth-order valence-corrected chi connectivity index (χ4v) is 2.31. The lowest BCUT2D eigenvalue weighted by Gasteiger charge is -2.11. The molecule has 0 radical (unpaired) electrons. The van der Waals surface area contributed by atoms with Crippen LogP contribution in [-0.2, 0) is 11.3 Å². The Labute approximate surface area is 108 Å².